The highest BCUT2D eigenvalue weighted by Crippen LogP contribution is 2.27. The van der Waals surface area contributed by atoms with Crippen LogP contribution in [0.5, 0.6) is 0 Å². The summed E-state index contributed by atoms with van der Waals surface area (Å²) in [4.78, 5) is 28.7. The first-order valence-electron chi connectivity index (χ1n) is 12.5. The fourth-order valence-corrected chi connectivity index (χ4v) is 5.32. The van der Waals surface area contributed by atoms with Gasteiger partial charge in [0.1, 0.15) is 12.6 Å². The van der Waals surface area contributed by atoms with Gasteiger partial charge in [-0.15, -0.1) is 0 Å². The van der Waals surface area contributed by atoms with Crippen LogP contribution in [0.3, 0.4) is 0 Å². The Kier molecular flexibility index (Phi) is 11.4. The summed E-state index contributed by atoms with van der Waals surface area (Å²) in [7, 11) is -1.21. The molecule has 38 heavy (non-hydrogen) atoms. The number of anilines is 1. The molecule has 0 saturated carbocycles. The van der Waals surface area contributed by atoms with Crippen LogP contribution in [0.2, 0.25) is 10.0 Å². The monoisotopic (exact) mass is 584 g/mol. The summed E-state index contributed by atoms with van der Waals surface area (Å²) < 4.78 is 29.0. The number of nitrogens with one attached hydrogen (secondary N) is 1. The number of hydrogen-bond acceptors (Lipinski definition) is 4. The molecule has 2 rings (SSSR count). The van der Waals surface area contributed by atoms with Gasteiger partial charge in [0.15, 0.2) is 0 Å². The lowest BCUT2D eigenvalue weighted by molar-refractivity contribution is -0.140. The van der Waals surface area contributed by atoms with E-state index >= 15 is 0 Å². The number of amides is 2. The number of halogens is 2. The minimum absolute atomic E-state index is 0.0464. The van der Waals surface area contributed by atoms with E-state index < -0.39 is 28.7 Å². The molecule has 2 aromatic carbocycles. The van der Waals surface area contributed by atoms with Crippen molar-refractivity contribution in [3.05, 3.63) is 63.1 Å². The highest BCUT2D eigenvalue weighted by atomic mass is 35.5. The van der Waals surface area contributed by atoms with E-state index in [4.69, 9.17) is 23.2 Å². The lowest BCUT2D eigenvalue weighted by atomic mass is 10.1. The SMILES string of the molecule is CCC(C)NC(=O)C(CC)N(Cc1ccc(Cl)c(Cl)c1)C(=O)CN(c1cc(C)ccc1C)S(=O)(=O)N(C)C. The van der Waals surface area contributed by atoms with Gasteiger partial charge < -0.3 is 10.2 Å². The molecule has 2 atom stereocenters. The summed E-state index contributed by atoms with van der Waals surface area (Å²) in [5, 5.41) is 3.64. The normalized spacial score (nSPS) is 13.2. The molecule has 0 aliphatic carbocycles. The van der Waals surface area contributed by atoms with E-state index in [0.717, 1.165) is 20.6 Å². The minimum atomic E-state index is -4.04. The highest BCUT2D eigenvalue weighted by molar-refractivity contribution is 7.90. The lowest BCUT2D eigenvalue weighted by Crippen LogP contribution is -2.54. The van der Waals surface area contributed by atoms with Crippen LogP contribution in [0, 0.1) is 13.8 Å². The second-order valence-electron chi connectivity index (χ2n) is 9.60. The maximum absolute atomic E-state index is 14.0. The van der Waals surface area contributed by atoms with Crippen LogP contribution in [-0.4, -0.2) is 62.2 Å². The number of carbonyl (C=O) groups excluding carboxylic acids is 2. The molecule has 0 bridgehead atoms. The van der Waals surface area contributed by atoms with Gasteiger partial charge in [0.2, 0.25) is 11.8 Å². The van der Waals surface area contributed by atoms with E-state index in [1.165, 1.54) is 19.0 Å². The molecule has 0 heterocycles. The van der Waals surface area contributed by atoms with Crippen molar-refractivity contribution in [1.82, 2.24) is 14.5 Å². The van der Waals surface area contributed by atoms with Gasteiger partial charge in [0, 0.05) is 26.7 Å². The maximum Gasteiger partial charge on any atom is 0.304 e. The Hall–Kier alpha value is -2.33. The fourth-order valence-electron chi connectivity index (χ4n) is 3.89. The standard InChI is InChI=1S/C27H38Cl2N4O4S/c1-8-20(5)30-27(35)24(9-2)32(16-21-12-13-22(28)23(29)15-21)26(34)17-33(38(36,37)31(6)7)25-14-18(3)10-11-19(25)4/h10-15,20,24H,8-9,16-17H2,1-7H3,(H,30,35). The number of aryl methyl sites for hydroxylation is 2. The molecule has 11 heteroatoms. The summed E-state index contributed by atoms with van der Waals surface area (Å²) in [6.45, 7) is 8.87. The molecular formula is C27H38Cl2N4O4S. The number of carbonyl (C=O) groups is 2. The summed E-state index contributed by atoms with van der Waals surface area (Å²) >= 11 is 12.3. The molecule has 210 valence electrons. The van der Waals surface area contributed by atoms with E-state index in [9.17, 15) is 18.0 Å². The summed E-state index contributed by atoms with van der Waals surface area (Å²) in [5.74, 6) is -0.822. The summed E-state index contributed by atoms with van der Waals surface area (Å²) in [6.07, 6.45) is 1.06. The first-order chi connectivity index (χ1) is 17.7. The second-order valence-corrected chi connectivity index (χ2v) is 12.5. The smallest absolute Gasteiger partial charge is 0.304 e. The van der Waals surface area contributed by atoms with Gasteiger partial charge >= 0.3 is 10.2 Å². The predicted octanol–water partition coefficient (Wildman–Crippen LogP) is 4.95. The fraction of sp³-hybridized carbons (Fsp3) is 0.481. The van der Waals surface area contributed by atoms with Crippen LogP contribution in [0.4, 0.5) is 5.69 Å². The largest absolute Gasteiger partial charge is 0.352 e. The minimum Gasteiger partial charge on any atom is -0.352 e. The zero-order valence-corrected chi connectivity index (χ0v) is 25.4. The Balaban J connectivity index is 2.58. The topological polar surface area (TPSA) is 90.0 Å². The first kappa shape index (κ1) is 31.9. The summed E-state index contributed by atoms with van der Waals surface area (Å²) in [5.41, 5.74) is 2.62. The van der Waals surface area contributed by atoms with Gasteiger partial charge in [-0.3, -0.25) is 9.59 Å². The van der Waals surface area contributed by atoms with Crippen molar-refractivity contribution in [2.75, 3.05) is 24.9 Å². The highest BCUT2D eigenvalue weighted by Gasteiger charge is 2.34. The van der Waals surface area contributed by atoms with Gasteiger partial charge in [-0.05, 0) is 68.5 Å². The van der Waals surface area contributed by atoms with E-state index in [-0.39, 0.29) is 18.5 Å². The molecule has 8 nitrogen and oxygen atoms in total. The van der Waals surface area contributed by atoms with Gasteiger partial charge in [0.05, 0.1) is 15.7 Å². The van der Waals surface area contributed by atoms with Crippen molar-refractivity contribution in [2.45, 2.75) is 66.1 Å². The second kappa shape index (κ2) is 13.6. The van der Waals surface area contributed by atoms with Gasteiger partial charge in [0.25, 0.3) is 0 Å². The zero-order valence-electron chi connectivity index (χ0n) is 23.1. The molecule has 2 unspecified atom stereocenters. The molecular weight excluding hydrogens is 547 g/mol. The first-order valence-corrected chi connectivity index (χ1v) is 14.7. The molecule has 0 spiro atoms. The third-order valence-corrected chi connectivity index (χ3v) is 8.92. The van der Waals surface area contributed by atoms with Crippen LogP contribution in [0.15, 0.2) is 36.4 Å². The summed E-state index contributed by atoms with van der Waals surface area (Å²) in [6, 6.07) is 9.52. The average molecular weight is 586 g/mol. The molecule has 0 radical (unpaired) electrons. The molecule has 1 N–H and O–H groups in total. The number of benzene rings is 2. The van der Waals surface area contributed by atoms with Gasteiger partial charge in [-0.1, -0.05) is 55.2 Å². The van der Waals surface area contributed by atoms with E-state index in [1.54, 1.807) is 31.2 Å². The molecule has 2 aromatic rings. The molecule has 0 aliphatic heterocycles. The van der Waals surface area contributed by atoms with Gasteiger partial charge in [-0.2, -0.15) is 12.7 Å². The predicted molar refractivity (Wildman–Crippen MR) is 155 cm³/mol. The van der Waals surface area contributed by atoms with Crippen LogP contribution in [0.25, 0.3) is 0 Å². The third-order valence-electron chi connectivity index (χ3n) is 6.38. The Morgan fingerprint density at radius 2 is 1.63 bits per heavy atom. The van der Waals surface area contributed by atoms with Crippen molar-refractivity contribution >= 4 is 50.9 Å². The van der Waals surface area contributed by atoms with Crippen molar-refractivity contribution in [2.24, 2.45) is 0 Å². The molecule has 0 aromatic heterocycles. The van der Waals surface area contributed by atoms with Crippen LogP contribution >= 0.6 is 23.2 Å². The number of nitrogens with zero attached hydrogens (tertiary/aromatic N) is 3. The number of rotatable bonds is 12. The van der Waals surface area contributed by atoms with E-state index in [2.05, 4.69) is 5.32 Å². The van der Waals surface area contributed by atoms with Gasteiger partial charge in [-0.25, -0.2) is 4.31 Å². The van der Waals surface area contributed by atoms with Crippen molar-refractivity contribution in [3.63, 3.8) is 0 Å². The average Bonchev–Trinajstić information content (AvgIpc) is 2.85. The molecule has 0 aliphatic rings. The van der Waals surface area contributed by atoms with Crippen LogP contribution in [0.1, 0.15) is 50.3 Å². The third kappa shape index (κ3) is 7.85. The van der Waals surface area contributed by atoms with Crippen LogP contribution in [-0.2, 0) is 26.3 Å². The lowest BCUT2D eigenvalue weighted by Gasteiger charge is -2.34. The molecule has 0 fully saturated rings. The Morgan fingerprint density at radius 3 is 2.18 bits per heavy atom. The van der Waals surface area contributed by atoms with E-state index in [1.807, 2.05) is 39.8 Å². The van der Waals surface area contributed by atoms with Crippen molar-refractivity contribution in [3.8, 4) is 0 Å². The zero-order chi connectivity index (χ0) is 28.8. The van der Waals surface area contributed by atoms with Crippen molar-refractivity contribution < 1.29 is 18.0 Å². The Bertz CT molecular complexity index is 1250. The maximum atomic E-state index is 14.0. The van der Waals surface area contributed by atoms with Crippen molar-refractivity contribution in [1.29, 1.82) is 0 Å². The Morgan fingerprint density at radius 1 is 0.974 bits per heavy atom. The molecule has 2 amide bonds. The quantitative estimate of drug-likeness (QED) is 0.382. The Labute approximate surface area is 237 Å². The molecule has 0 saturated heterocycles. The number of hydrogen-bond donors (Lipinski definition) is 1. The van der Waals surface area contributed by atoms with Crippen LogP contribution < -0.4 is 9.62 Å². The van der Waals surface area contributed by atoms with E-state index in [0.29, 0.717) is 33.3 Å².